The van der Waals surface area contributed by atoms with E-state index in [1.807, 2.05) is 26.0 Å². The second kappa shape index (κ2) is 6.57. The number of amides is 1. The molecule has 2 N–H and O–H groups in total. The topological polar surface area (TPSA) is 44.4 Å². The number of nitrogens with zero attached hydrogens (tertiary/aromatic N) is 1. The molecule has 1 aliphatic rings. The van der Waals surface area contributed by atoms with Crippen molar-refractivity contribution < 1.29 is 4.79 Å². The molecular weight excluding hydrogens is 238 g/mol. The fourth-order valence-electron chi connectivity index (χ4n) is 2.34. The van der Waals surface area contributed by atoms with Gasteiger partial charge in [0.1, 0.15) is 0 Å². The van der Waals surface area contributed by atoms with Gasteiger partial charge in [0.2, 0.25) is 5.91 Å². The second-order valence-corrected chi connectivity index (χ2v) is 5.31. The van der Waals surface area contributed by atoms with E-state index in [0.29, 0.717) is 6.42 Å². The number of hydrogen-bond acceptors (Lipinski definition) is 3. The van der Waals surface area contributed by atoms with Crippen molar-refractivity contribution >= 4 is 11.6 Å². The number of nitrogens with one attached hydrogen (secondary N) is 2. The van der Waals surface area contributed by atoms with Crippen LogP contribution in [0.1, 0.15) is 19.4 Å². The molecule has 4 heteroatoms. The van der Waals surface area contributed by atoms with Crippen LogP contribution in [0.4, 0.5) is 5.69 Å². The summed E-state index contributed by atoms with van der Waals surface area (Å²) in [6, 6.07) is 8.50. The molecule has 0 aromatic heterocycles. The summed E-state index contributed by atoms with van der Waals surface area (Å²) in [6.07, 6.45) is 0.456. The molecule has 1 aliphatic heterocycles. The Morgan fingerprint density at radius 1 is 1.37 bits per heavy atom. The molecule has 0 bridgehead atoms. The Hall–Kier alpha value is -1.55. The van der Waals surface area contributed by atoms with E-state index in [4.69, 9.17) is 0 Å². The zero-order chi connectivity index (χ0) is 13.7. The standard InChI is InChI=1S/C15H23N3O/c1-12(2)17-15(19)11-13-4-3-5-14(10-13)18-8-6-16-7-9-18/h3-5,10,12,16H,6-9,11H2,1-2H3,(H,17,19). The van der Waals surface area contributed by atoms with Gasteiger partial charge in [-0.15, -0.1) is 0 Å². The predicted octanol–water partition coefficient (Wildman–Crippen LogP) is 1.16. The lowest BCUT2D eigenvalue weighted by atomic mass is 10.1. The van der Waals surface area contributed by atoms with Crippen LogP contribution in [0.2, 0.25) is 0 Å². The first kappa shape index (κ1) is 13.9. The molecule has 0 radical (unpaired) electrons. The van der Waals surface area contributed by atoms with E-state index in [9.17, 15) is 4.79 Å². The number of benzene rings is 1. The molecule has 19 heavy (non-hydrogen) atoms. The SMILES string of the molecule is CC(C)NC(=O)Cc1cccc(N2CCNCC2)c1. The molecule has 1 aromatic rings. The highest BCUT2D eigenvalue weighted by molar-refractivity contribution is 5.79. The molecule has 4 nitrogen and oxygen atoms in total. The molecule has 1 amide bonds. The average Bonchev–Trinajstić information content (AvgIpc) is 2.39. The fraction of sp³-hybridized carbons (Fsp3) is 0.533. The van der Waals surface area contributed by atoms with Gasteiger partial charge in [-0.25, -0.2) is 0 Å². The number of piperazine rings is 1. The van der Waals surface area contributed by atoms with Crippen molar-refractivity contribution in [3.05, 3.63) is 29.8 Å². The minimum Gasteiger partial charge on any atom is -0.369 e. The molecule has 1 fully saturated rings. The van der Waals surface area contributed by atoms with Crippen molar-refractivity contribution in [3.8, 4) is 0 Å². The van der Waals surface area contributed by atoms with E-state index < -0.39 is 0 Å². The van der Waals surface area contributed by atoms with Crippen LogP contribution in [0.3, 0.4) is 0 Å². The van der Waals surface area contributed by atoms with E-state index in [1.165, 1.54) is 5.69 Å². The van der Waals surface area contributed by atoms with E-state index >= 15 is 0 Å². The van der Waals surface area contributed by atoms with Gasteiger partial charge in [-0.2, -0.15) is 0 Å². The van der Waals surface area contributed by atoms with Crippen molar-refractivity contribution in [3.63, 3.8) is 0 Å². The quantitative estimate of drug-likeness (QED) is 0.855. The van der Waals surface area contributed by atoms with Crippen molar-refractivity contribution in [1.82, 2.24) is 10.6 Å². The zero-order valence-electron chi connectivity index (χ0n) is 11.8. The maximum atomic E-state index is 11.8. The largest absolute Gasteiger partial charge is 0.369 e. The van der Waals surface area contributed by atoms with Crippen LogP contribution in [0, 0.1) is 0 Å². The Labute approximate surface area is 115 Å². The molecule has 1 aromatic carbocycles. The van der Waals surface area contributed by atoms with Gasteiger partial charge in [0.15, 0.2) is 0 Å². The van der Waals surface area contributed by atoms with Crippen LogP contribution in [0.5, 0.6) is 0 Å². The summed E-state index contributed by atoms with van der Waals surface area (Å²) in [6.45, 7) is 8.07. The Morgan fingerprint density at radius 3 is 2.79 bits per heavy atom. The van der Waals surface area contributed by atoms with Crippen LogP contribution in [-0.2, 0) is 11.2 Å². The van der Waals surface area contributed by atoms with Gasteiger partial charge in [-0.05, 0) is 31.5 Å². The van der Waals surface area contributed by atoms with Crippen molar-refractivity contribution in [2.45, 2.75) is 26.3 Å². The van der Waals surface area contributed by atoms with Gasteiger partial charge >= 0.3 is 0 Å². The maximum Gasteiger partial charge on any atom is 0.224 e. The van der Waals surface area contributed by atoms with Gasteiger partial charge in [0.05, 0.1) is 6.42 Å². The lowest BCUT2D eigenvalue weighted by Gasteiger charge is -2.29. The summed E-state index contributed by atoms with van der Waals surface area (Å²) in [4.78, 5) is 14.1. The minimum atomic E-state index is 0.0902. The summed E-state index contributed by atoms with van der Waals surface area (Å²) < 4.78 is 0. The maximum absolute atomic E-state index is 11.8. The monoisotopic (exact) mass is 261 g/mol. The van der Waals surface area contributed by atoms with E-state index in [1.54, 1.807) is 0 Å². The molecule has 0 atom stereocenters. The Bertz CT molecular complexity index is 425. The highest BCUT2D eigenvalue weighted by Gasteiger charge is 2.11. The molecule has 1 saturated heterocycles. The van der Waals surface area contributed by atoms with Crippen LogP contribution >= 0.6 is 0 Å². The first-order valence-electron chi connectivity index (χ1n) is 6.99. The molecule has 0 unspecified atom stereocenters. The number of carbonyl (C=O) groups excluding carboxylic acids is 1. The van der Waals surface area contributed by atoms with Crippen molar-refractivity contribution in [2.75, 3.05) is 31.1 Å². The zero-order valence-corrected chi connectivity index (χ0v) is 11.8. The highest BCUT2D eigenvalue weighted by atomic mass is 16.1. The second-order valence-electron chi connectivity index (χ2n) is 5.31. The lowest BCUT2D eigenvalue weighted by molar-refractivity contribution is -0.120. The van der Waals surface area contributed by atoms with E-state index in [-0.39, 0.29) is 11.9 Å². The van der Waals surface area contributed by atoms with Crippen molar-refractivity contribution in [2.24, 2.45) is 0 Å². The third kappa shape index (κ3) is 4.24. The normalized spacial score (nSPS) is 15.6. The molecular formula is C15H23N3O. The van der Waals surface area contributed by atoms with Gasteiger partial charge in [-0.1, -0.05) is 12.1 Å². The van der Waals surface area contributed by atoms with Crippen molar-refractivity contribution in [1.29, 1.82) is 0 Å². The molecule has 0 saturated carbocycles. The van der Waals surface area contributed by atoms with Crippen LogP contribution in [-0.4, -0.2) is 38.1 Å². The van der Waals surface area contributed by atoms with Crippen LogP contribution in [0.15, 0.2) is 24.3 Å². The lowest BCUT2D eigenvalue weighted by Crippen LogP contribution is -2.43. The summed E-state index contributed by atoms with van der Waals surface area (Å²) >= 11 is 0. The number of hydrogen-bond donors (Lipinski definition) is 2. The van der Waals surface area contributed by atoms with E-state index in [2.05, 4.69) is 27.7 Å². The van der Waals surface area contributed by atoms with Gasteiger partial charge in [0, 0.05) is 37.9 Å². The van der Waals surface area contributed by atoms with Gasteiger partial charge in [-0.3, -0.25) is 4.79 Å². The summed E-state index contributed by atoms with van der Waals surface area (Å²) in [5, 5.41) is 6.27. The first-order chi connectivity index (χ1) is 9.15. The molecule has 0 spiro atoms. The van der Waals surface area contributed by atoms with E-state index in [0.717, 1.165) is 31.7 Å². The molecule has 1 heterocycles. The third-order valence-electron chi connectivity index (χ3n) is 3.21. The Morgan fingerprint density at radius 2 is 2.11 bits per heavy atom. The Kier molecular flexibility index (Phi) is 4.80. The summed E-state index contributed by atoms with van der Waals surface area (Å²) in [5.74, 6) is 0.0902. The fourth-order valence-corrected chi connectivity index (χ4v) is 2.34. The highest BCUT2D eigenvalue weighted by Crippen LogP contribution is 2.17. The summed E-state index contributed by atoms with van der Waals surface area (Å²) in [7, 11) is 0. The van der Waals surface area contributed by atoms with Crippen LogP contribution < -0.4 is 15.5 Å². The smallest absolute Gasteiger partial charge is 0.224 e. The van der Waals surface area contributed by atoms with Crippen LogP contribution in [0.25, 0.3) is 0 Å². The number of rotatable bonds is 4. The predicted molar refractivity (Wildman–Crippen MR) is 78.5 cm³/mol. The number of carbonyl (C=O) groups is 1. The number of anilines is 1. The van der Waals surface area contributed by atoms with Gasteiger partial charge in [0.25, 0.3) is 0 Å². The molecule has 2 rings (SSSR count). The third-order valence-corrected chi connectivity index (χ3v) is 3.21. The minimum absolute atomic E-state index is 0.0902. The molecule has 0 aliphatic carbocycles. The Balaban J connectivity index is 2.00. The molecule has 104 valence electrons. The average molecular weight is 261 g/mol. The van der Waals surface area contributed by atoms with Gasteiger partial charge < -0.3 is 15.5 Å². The summed E-state index contributed by atoms with van der Waals surface area (Å²) in [5.41, 5.74) is 2.30. The first-order valence-corrected chi connectivity index (χ1v) is 6.99.